The molecule has 3 heterocycles. The highest BCUT2D eigenvalue weighted by molar-refractivity contribution is 6.15. The Balaban J connectivity index is 1.84. The molecule has 3 aromatic rings. The number of nitrogens with zero attached hydrogens (tertiary/aromatic N) is 4. The standard InChI is InChI=1S/C18H16F3N5O/c19-18(20,21)14-4-2-1-3-12(14)16(27)15-13-9-23-10-24-17(13)26(25-15)11-5-7-22-8-6-11/h1-4,9-11,22H,5-8H2. The first-order chi connectivity index (χ1) is 13.0. The van der Waals surface area contributed by atoms with Crippen LogP contribution in [0.15, 0.2) is 36.8 Å². The number of hydrogen-bond donors (Lipinski definition) is 1. The van der Waals surface area contributed by atoms with E-state index in [2.05, 4.69) is 20.4 Å². The zero-order valence-electron chi connectivity index (χ0n) is 14.2. The minimum Gasteiger partial charge on any atom is -0.317 e. The van der Waals surface area contributed by atoms with Crippen molar-refractivity contribution in [1.82, 2.24) is 25.1 Å². The van der Waals surface area contributed by atoms with Crippen molar-refractivity contribution in [2.75, 3.05) is 13.1 Å². The molecule has 9 heteroatoms. The molecule has 1 aromatic carbocycles. The number of carbonyl (C=O) groups is 1. The lowest BCUT2D eigenvalue weighted by molar-refractivity contribution is -0.137. The molecule has 0 atom stereocenters. The van der Waals surface area contributed by atoms with Crippen LogP contribution in [0.3, 0.4) is 0 Å². The molecule has 2 aromatic heterocycles. The van der Waals surface area contributed by atoms with Gasteiger partial charge in [-0.1, -0.05) is 18.2 Å². The number of halogens is 3. The van der Waals surface area contributed by atoms with Gasteiger partial charge in [0.2, 0.25) is 5.78 Å². The number of fused-ring (bicyclic) bond motifs is 1. The van der Waals surface area contributed by atoms with Gasteiger partial charge in [0.25, 0.3) is 0 Å². The smallest absolute Gasteiger partial charge is 0.317 e. The summed E-state index contributed by atoms with van der Waals surface area (Å²) >= 11 is 0. The van der Waals surface area contributed by atoms with Gasteiger partial charge in [0.05, 0.1) is 17.0 Å². The Bertz CT molecular complexity index is 992. The zero-order valence-corrected chi connectivity index (χ0v) is 14.2. The Morgan fingerprint density at radius 1 is 1.19 bits per heavy atom. The van der Waals surface area contributed by atoms with Crippen LogP contribution < -0.4 is 5.32 Å². The first-order valence-electron chi connectivity index (χ1n) is 8.56. The maximum absolute atomic E-state index is 13.3. The Labute approximate surface area is 152 Å². The molecule has 0 unspecified atom stereocenters. The number of carbonyl (C=O) groups excluding carboxylic acids is 1. The molecule has 27 heavy (non-hydrogen) atoms. The Morgan fingerprint density at radius 2 is 1.93 bits per heavy atom. The topological polar surface area (TPSA) is 72.7 Å². The number of aromatic nitrogens is 4. The van der Waals surface area contributed by atoms with E-state index in [1.807, 2.05) is 0 Å². The fourth-order valence-corrected chi connectivity index (χ4v) is 3.41. The number of alkyl halides is 3. The maximum Gasteiger partial charge on any atom is 0.417 e. The number of nitrogens with one attached hydrogen (secondary N) is 1. The van der Waals surface area contributed by atoms with E-state index in [0.29, 0.717) is 11.0 Å². The van der Waals surface area contributed by atoms with Gasteiger partial charge in [0.15, 0.2) is 5.65 Å². The van der Waals surface area contributed by atoms with Gasteiger partial charge in [-0.15, -0.1) is 0 Å². The maximum atomic E-state index is 13.3. The van der Waals surface area contributed by atoms with Crippen molar-refractivity contribution in [3.63, 3.8) is 0 Å². The molecular weight excluding hydrogens is 359 g/mol. The Morgan fingerprint density at radius 3 is 2.67 bits per heavy atom. The van der Waals surface area contributed by atoms with E-state index in [0.717, 1.165) is 32.0 Å². The lowest BCUT2D eigenvalue weighted by atomic mass is 10.0. The van der Waals surface area contributed by atoms with E-state index < -0.39 is 23.1 Å². The summed E-state index contributed by atoms with van der Waals surface area (Å²) in [7, 11) is 0. The number of hydrogen-bond acceptors (Lipinski definition) is 5. The predicted octanol–water partition coefficient (Wildman–Crippen LogP) is 3.00. The van der Waals surface area contributed by atoms with Crippen LogP contribution in [0.5, 0.6) is 0 Å². The lowest BCUT2D eigenvalue weighted by Crippen LogP contribution is -2.30. The molecule has 1 aliphatic rings. The van der Waals surface area contributed by atoms with Gasteiger partial charge >= 0.3 is 6.18 Å². The van der Waals surface area contributed by atoms with E-state index in [1.165, 1.54) is 30.7 Å². The molecule has 1 fully saturated rings. The van der Waals surface area contributed by atoms with Gasteiger partial charge in [-0.25, -0.2) is 14.6 Å². The summed E-state index contributed by atoms with van der Waals surface area (Å²) in [5.41, 5.74) is -0.993. The second-order valence-electron chi connectivity index (χ2n) is 6.41. The molecule has 0 bridgehead atoms. The fraction of sp³-hybridized carbons (Fsp3) is 0.333. The van der Waals surface area contributed by atoms with E-state index in [1.54, 1.807) is 4.68 Å². The lowest BCUT2D eigenvalue weighted by Gasteiger charge is -2.23. The van der Waals surface area contributed by atoms with Crippen LogP contribution in [0.4, 0.5) is 13.2 Å². The monoisotopic (exact) mass is 375 g/mol. The minimum absolute atomic E-state index is 0.0306. The third kappa shape index (κ3) is 3.18. The predicted molar refractivity (Wildman–Crippen MR) is 91.3 cm³/mol. The van der Waals surface area contributed by atoms with Gasteiger partial charge in [0, 0.05) is 11.8 Å². The molecule has 0 saturated carbocycles. The van der Waals surface area contributed by atoms with Crippen LogP contribution in [0, 0.1) is 0 Å². The van der Waals surface area contributed by atoms with Crippen molar-refractivity contribution in [1.29, 1.82) is 0 Å². The summed E-state index contributed by atoms with van der Waals surface area (Å²) in [6.07, 6.45) is -0.257. The fourth-order valence-electron chi connectivity index (χ4n) is 3.41. The van der Waals surface area contributed by atoms with Crippen molar-refractivity contribution < 1.29 is 18.0 Å². The average molecular weight is 375 g/mol. The highest BCUT2D eigenvalue weighted by Crippen LogP contribution is 2.34. The van der Waals surface area contributed by atoms with E-state index in [4.69, 9.17) is 0 Å². The molecule has 6 nitrogen and oxygen atoms in total. The summed E-state index contributed by atoms with van der Waals surface area (Å²) in [5.74, 6) is -0.782. The van der Waals surface area contributed by atoms with Crippen LogP contribution in [0.1, 0.15) is 40.5 Å². The Kier molecular flexibility index (Phi) is 4.39. The van der Waals surface area contributed by atoms with Crippen molar-refractivity contribution in [3.8, 4) is 0 Å². The van der Waals surface area contributed by atoms with Gasteiger partial charge in [0.1, 0.15) is 12.0 Å². The second-order valence-corrected chi connectivity index (χ2v) is 6.41. The normalized spacial score (nSPS) is 16.0. The molecule has 1 aliphatic heterocycles. The van der Waals surface area contributed by atoms with Gasteiger partial charge in [-0.05, 0) is 32.0 Å². The van der Waals surface area contributed by atoms with Crippen molar-refractivity contribution in [2.24, 2.45) is 0 Å². The number of piperidine rings is 1. The molecule has 140 valence electrons. The van der Waals surface area contributed by atoms with Crippen molar-refractivity contribution in [3.05, 3.63) is 53.6 Å². The van der Waals surface area contributed by atoms with E-state index >= 15 is 0 Å². The SMILES string of the molecule is O=C(c1ccccc1C(F)(F)F)c1nn(C2CCNCC2)c2ncncc12. The van der Waals surface area contributed by atoms with Crippen LogP contribution >= 0.6 is 0 Å². The molecule has 0 radical (unpaired) electrons. The molecule has 1 N–H and O–H groups in total. The Hall–Kier alpha value is -2.81. The van der Waals surface area contributed by atoms with Crippen LogP contribution in [0.25, 0.3) is 11.0 Å². The van der Waals surface area contributed by atoms with Crippen LogP contribution in [0.2, 0.25) is 0 Å². The minimum atomic E-state index is -4.63. The molecule has 0 spiro atoms. The first-order valence-corrected chi connectivity index (χ1v) is 8.56. The van der Waals surface area contributed by atoms with Crippen molar-refractivity contribution in [2.45, 2.75) is 25.1 Å². The highest BCUT2D eigenvalue weighted by Gasteiger charge is 2.36. The zero-order chi connectivity index (χ0) is 19.0. The molecular formula is C18H16F3N5O. The van der Waals surface area contributed by atoms with Gasteiger partial charge < -0.3 is 5.32 Å². The number of ketones is 1. The largest absolute Gasteiger partial charge is 0.417 e. The third-order valence-electron chi connectivity index (χ3n) is 4.72. The molecule has 1 saturated heterocycles. The molecule has 4 rings (SSSR count). The molecule has 0 amide bonds. The van der Waals surface area contributed by atoms with Gasteiger partial charge in [-0.3, -0.25) is 4.79 Å². The summed E-state index contributed by atoms with van der Waals surface area (Å²) < 4.78 is 41.6. The third-order valence-corrected chi connectivity index (χ3v) is 4.72. The summed E-state index contributed by atoms with van der Waals surface area (Å²) in [4.78, 5) is 21.1. The highest BCUT2D eigenvalue weighted by atomic mass is 19.4. The summed E-state index contributed by atoms with van der Waals surface area (Å²) in [5, 5.41) is 7.99. The average Bonchev–Trinajstić information content (AvgIpc) is 3.07. The summed E-state index contributed by atoms with van der Waals surface area (Å²) in [6, 6.07) is 4.77. The van der Waals surface area contributed by atoms with Crippen LogP contribution in [-0.2, 0) is 6.18 Å². The van der Waals surface area contributed by atoms with Gasteiger partial charge in [-0.2, -0.15) is 18.3 Å². The number of benzene rings is 1. The van der Waals surface area contributed by atoms with Crippen LogP contribution in [-0.4, -0.2) is 38.6 Å². The number of rotatable bonds is 3. The molecule has 0 aliphatic carbocycles. The second kappa shape index (κ2) is 6.73. The summed E-state index contributed by atoms with van der Waals surface area (Å²) in [6.45, 7) is 1.61. The van der Waals surface area contributed by atoms with E-state index in [-0.39, 0.29) is 11.7 Å². The van der Waals surface area contributed by atoms with Crippen molar-refractivity contribution >= 4 is 16.8 Å². The first kappa shape index (κ1) is 17.6. The quantitative estimate of drug-likeness (QED) is 0.713. The van der Waals surface area contributed by atoms with E-state index in [9.17, 15) is 18.0 Å².